The Morgan fingerprint density at radius 3 is 1.70 bits per heavy atom. The summed E-state index contributed by atoms with van der Waals surface area (Å²) in [5.41, 5.74) is 8.55. The summed E-state index contributed by atoms with van der Waals surface area (Å²) in [6, 6.07) is 64.5. The zero-order chi connectivity index (χ0) is 35.6. The highest BCUT2D eigenvalue weighted by Gasteiger charge is 2.21. The molecule has 0 N–H and O–H groups in total. The minimum atomic E-state index is 0.632. The second-order valence-corrected chi connectivity index (χ2v) is 14.7. The van der Waals surface area contributed by atoms with Crippen molar-refractivity contribution in [2.45, 2.75) is 0 Å². The molecule has 0 saturated carbocycles. The number of hydrogen-bond donors (Lipinski definition) is 0. The van der Waals surface area contributed by atoms with Gasteiger partial charge in [-0.1, -0.05) is 140 Å². The molecule has 252 valence electrons. The van der Waals surface area contributed by atoms with Crippen LogP contribution in [0, 0.1) is 0 Å². The van der Waals surface area contributed by atoms with Crippen LogP contribution >= 0.6 is 11.3 Å². The van der Waals surface area contributed by atoms with Crippen LogP contribution in [0.2, 0.25) is 0 Å². The van der Waals surface area contributed by atoms with E-state index in [0.717, 1.165) is 27.9 Å². The number of nitrogens with zero attached hydrogens (tertiary/aromatic N) is 4. The first-order valence-corrected chi connectivity index (χ1v) is 18.9. The zero-order valence-electron chi connectivity index (χ0n) is 29.0. The number of para-hydroxylation sites is 1. The van der Waals surface area contributed by atoms with Crippen molar-refractivity contribution < 1.29 is 0 Å². The van der Waals surface area contributed by atoms with Crippen LogP contribution in [0.15, 0.2) is 182 Å². The Balaban J connectivity index is 1.23. The molecular formula is C49H30N4S. The maximum atomic E-state index is 5.13. The van der Waals surface area contributed by atoms with Gasteiger partial charge in [0.25, 0.3) is 0 Å². The lowest BCUT2D eigenvalue weighted by molar-refractivity contribution is 1.07. The first-order valence-electron chi connectivity index (χ1n) is 18.1. The summed E-state index contributed by atoms with van der Waals surface area (Å²) in [7, 11) is 0. The van der Waals surface area contributed by atoms with Crippen molar-refractivity contribution >= 4 is 64.1 Å². The third-order valence-electron chi connectivity index (χ3n) is 10.4. The maximum Gasteiger partial charge on any atom is 0.164 e. The fraction of sp³-hybridized carbons (Fsp3) is 0. The fourth-order valence-electron chi connectivity index (χ4n) is 7.90. The summed E-state index contributed by atoms with van der Waals surface area (Å²) in [6.45, 7) is 0. The predicted octanol–water partition coefficient (Wildman–Crippen LogP) is 13.2. The van der Waals surface area contributed by atoms with Gasteiger partial charge in [-0.05, 0) is 53.2 Å². The van der Waals surface area contributed by atoms with Crippen molar-refractivity contribution in [1.29, 1.82) is 0 Å². The smallest absolute Gasteiger partial charge is 0.164 e. The molecule has 0 fully saturated rings. The molecule has 3 heterocycles. The molecule has 11 aromatic rings. The number of aromatic nitrogens is 4. The molecule has 0 aliphatic carbocycles. The highest BCUT2D eigenvalue weighted by Crippen LogP contribution is 2.44. The van der Waals surface area contributed by atoms with Crippen LogP contribution in [0.5, 0.6) is 0 Å². The third kappa shape index (κ3) is 4.94. The summed E-state index contributed by atoms with van der Waals surface area (Å²) >= 11 is 1.85. The van der Waals surface area contributed by atoms with Crippen LogP contribution < -0.4 is 0 Å². The van der Waals surface area contributed by atoms with Crippen molar-refractivity contribution in [2.75, 3.05) is 0 Å². The van der Waals surface area contributed by atoms with Gasteiger partial charge >= 0.3 is 0 Å². The van der Waals surface area contributed by atoms with Crippen molar-refractivity contribution in [2.24, 2.45) is 0 Å². The average Bonchev–Trinajstić information content (AvgIpc) is 3.78. The van der Waals surface area contributed by atoms with E-state index in [1.165, 1.54) is 58.3 Å². The van der Waals surface area contributed by atoms with Crippen molar-refractivity contribution in [3.05, 3.63) is 182 Å². The van der Waals surface area contributed by atoms with Crippen LogP contribution in [0.25, 0.3) is 104 Å². The van der Waals surface area contributed by atoms with E-state index in [1.54, 1.807) is 0 Å². The molecule has 54 heavy (non-hydrogen) atoms. The minimum Gasteiger partial charge on any atom is -0.309 e. The van der Waals surface area contributed by atoms with Gasteiger partial charge in [-0.25, -0.2) is 15.0 Å². The standard InChI is InChI=1S/C49H30N4S/c1-3-14-31(15-4-1)47-50-48(32-16-5-2-6-17-32)52-49(51-47)35-26-27-43(41(29-35)39-23-13-22-38-37-21-10-12-25-45(37)54-46(38)39)53-42-24-11-9-20-36(42)40-28-33-18-7-8-19-34(33)30-44(40)53/h1-30H. The summed E-state index contributed by atoms with van der Waals surface area (Å²) < 4.78 is 4.98. The van der Waals surface area contributed by atoms with Crippen LogP contribution in [-0.4, -0.2) is 19.5 Å². The third-order valence-corrected chi connectivity index (χ3v) is 11.6. The molecule has 4 nitrogen and oxygen atoms in total. The maximum absolute atomic E-state index is 5.13. The van der Waals surface area contributed by atoms with E-state index in [-0.39, 0.29) is 0 Å². The predicted molar refractivity (Wildman–Crippen MR) is 226 cm³/mol. The summed E-state index contributed by atoms with van der Waals surface area (Å²) in [4.78, 5) is 15.2. The molecule has 0 bridgehead atoms. The number of hydrogen-bond acceptors (Lipinski definition) is 4. The van der Waals surface area contributed by atoms with Gasteiger partial charge in [0.1, 0.15) is 0 Å². The van der Waals surface area contributed by atoms with Crippen LogP contribution in [0.4, 0.5) is 0 Å². The quantitative estimate of drug-likeness (QED) is 0.179. The van der Waals surface area contributed by atoms with Crippen molar-refractivity contribution in [1.82, 2.24) is 19.5 Å². The van der Waals surface area contributed by atoms with E-state index in [9.17, 15) is 0 Å². The first-order chi connectivity index (χ1) is 26.8. The molecule has 11 rings (SSSR count). The number of rotatable bonds is 5. The Hall–Kier alpha value is -6.95. The Morgan fingerprint density at radius 1 is 0.370 bits per heavy atom. The Bertz CT molecular complexity index is 3160. The molecular weight excluding hydrogens is 677 g/mol. The highest BCUT2D eigenvalue weighted by molar-refractivity contribution is 7.26. The summed E-state index contributed by atoms with van der Waals surface area (Å²) in [6.07, 6.45) is 0. The zero-order valence-corrected chi connectivity index (χ0v) is 29.8. The topological polar surface area (TPSA) is 43.6 Å². The number of fused-ring (bicyclic) bond motifs is 7. The molecule has 5 heteroatoms. The van der Waals surface area contributed by atoms with E-state index in [1.807, 2.05) is 47.7 Å². The van der Waals surface area contributed by atoms with E-state index < -0.39 is 0 Å². The number of thiophene rings is 1. The average molecular weight is 707 g/mol. The lowest BCUT2D eigenvalue weighted by Crippen LogP contribution is -2.02. The molecule has 0 amide bonds. The van der Waals surface area contributed by atoms with E-state index >= 15 is 0 Å². The van der Waals surface area contributed by atoms with E-state index in [0.29, 0.717) is 17.5 Å². The van der Waals surface area contributed by atoms with Gasteiger partial charge in [0.15, 0.2) is 17.5 Å². The molecule has 8 aromatic carbocycles. The van der Waals surface area contributed by atoms with Crippen LogP contribution in [-0.2, 0) is 0 Å². The molecule has 0 saturated heterocycles. The highest BCUT2D eigenvalue weighted by atomic mass is 32.1. The van der Waals surface area contributed by atoms with Gasteiger partial charge in [-0.2, -0.15) is 0 Å². The lowest BCUT2D eigenvalue weighted by Gasteiger charge is -2.17. The van der Waals surface area contributed by atoms with Crippen LogP contribution in [0.1, 0.15) is 0 Å². The molecule has 3 aromatic heterocycles. The van der Waals surface area contributed by atoms with E-state index in [4.69, 9.17) is 15.0 Å². The fourth-order valence-corrected chi connectivity index (χ4v) is 9.13. The summed E-state index contributed by atoms with van der Waals surface area (Å²) in [5.74, 6) is 1.92. The largest absolute Gasteiger partial charge is 0.309 e. The monoisotopic (exact) mass is 706 g/mol. The van der Waals surface area contributed by atoms with E-state index in [2.05, 4.69) is 150 Å². The molecule has 0 aliphatic heterocycles. The number of benzene rings is 8. The molecule has 0 atom stereocenters. The minimum absolute atomic E-state index is 0.632. The first kappa shape index (κ1) is 30.7. The normalized spacial score (nSPS) is 11.7. The Labute approximate surface area is 315 Å². The van der Waals surface area contributed by atoms with Crippen molar-refractivity contribution in [3.63, 3.8) is 0 Å². The van der Waals surface area contributed by atoms with Gasteiger partial charge in [-0.15, -0.1) is 11.3 Å². The van der Waals surface area contributed by atoms with Gasteiger partial charge < -0.3 is 4.57 Å². The second-order valence-electron chi connectivity index (χ2n) is 13.6. The lowest BCUT2D eigenvalue weighted by atomic mass is 9.98. The molecule has 0 aliphatic rings. The van der Waals surface area contributed by atoms with Gasteiger partial charge in [-0.3, -0.25) is 0 Å². The SMILES string of the molecule is c1ccc(-c2nc(-c3ccccc3)nc(-c3ccc(-n4c5ccccc5c5cc6ccccc6cc54)c(-c4cccc5c4sc4ccccc45)c3)n2)cc1. The molecule has 0 unspecified atom stereocenters. The molecule has 0 radical (unpaired) electrons. The van der Waals surface area contributed by atoms with Gasteiger partial charge in [0.05, 0.1) is 16.7 Å². The second kappa shape index (κ2) is 12.3. The van der Waals surface area contributed by atoms with Crippen LogP contribution in [0.3, 0.4) is 0 Å². The Kier molecular flexibility index (Phi) is 7.00. The van der Waals surface area contributed by atoms with Gasteiger partial charge in [0.2, 0.25) is 0 Å². The van der Waals surface area contributed by atoms with Crippen molar-refractivity contribution in [3.8, 4) is 51.0 Å². The molecule has 0 spiro atoms. The van der Waals surface area contributed by atoms with Gasteiger partial charge in [0, 0.05) is 58.8 Å². The Morgan fingerprint density at radius 2 is 0.963 bits per heavy atom. The summed E-state index contributed by atoms with van der Waals surface area (Å²) in [5, 5.41) is 7.44.